The number of rotatable bonds is 6. The molecule has 1 unspecified atom stereocenters. The number of carbonyl (C=O) groups is 1. The van der Waals surface area contributed by atoms with Crippen molar-refractivity contribution < 1.29 is 9.53 Å². The van der Waals surface area contributed by atoms with Crippen molar-refractivity contribution in [3.05, 3.63) is 29.3 Å². The van der Waals surface area contributed by atoms with E-state index >= 15 is 0 Å². The van der Waals surface area contributed by atoms with E-state index in [9.17, 15) is 4.79 Å². The first kappa shape index (κ1) is 14.9. The number of benzene rings is 1. The highest BCUT2D eigenvalue weighted by Crippen LogP contribution is 2.15. The Bertz CT molecular complexity index is 434. The second kappa shape index (κ2) is 7.29. The number of hydrogen-bond donors (Lipinski definition) is 2. The zero-order chi connectivity index (χ0) is 14.4. The van der Waals surface area contributed by atoms with Crippen LogP contribution in [0, 0.1) is 13.8 Å². The Morgan fingerprint density at radius 2 is 2.10 bits per heavy atom. The highest BCUT2D eigenvalue weighted by molar-refractivity contribution is 5.76. The van der Waals surface area contributed by atoms with Gasteiger partial charge >= 0.3 is 0 Å². The van der Waals surface area contributed by atoms with Gasteiger partial charge in [0, 0.05) is 12.5 Å². The normalized spacial score (nSPS) is 18.0. The van der Waals surface area contributed by atoms with Crippen LogP contribution in [0.1, 0.15) is 30.4 Å². The van der Waals surface area contributed by atoms with Crippen molar-refractivity contribution in [1.82, 2.24) is 10.6 Å². The number of hydrogen-bond acceptors (Lipinski definition) is 3. The van der Waals surface area contributed by atoms with E-state index in [4.69, 9.17) is 4.74 Å². The first-order chi connectivity index (χ1) is 9.63. The Balaban J connectivity index is 1.64. The topological polar surface area (TPSA) is 50.4 Å². The molecule has 1 aliphatic heterocycles. The van der Waals surface area contributed by atoms with Gasteiger partial charge < -0.3 is 15.4 Å². The summed E-state index contributed by atoms with van der Waals surface area (Å²) in [6.45, 7) is 6.20. The molecule has 0 aromatic heterocycles. The maximum atomic E-state index is 11.7. The van der Waals surface area contributed by atoms with E-state index in [-0.39, 0.29) is 5.91 Å². The second-order valence-corrected chi connectivity index (χ2v) is 5.52. The number of carbonyl (C=O) groups excluding carboxylic acids is 1. The van der Waals surface area contributed by atoms with Gasteiger partial charge in [-0.05, 0) is 56.5 Å². The largest absolute Gasteiger partial charge is 0.492 e. The Morgan fingerprint density at radius 1 is 1.35 bits per heavy atom. The summed E-state index contributed by atoms with van der Waals surface area (Å²) in [6.07, 6.45) is 2.85. The maximum absolute atomic E-state index is 11.7. The minimum absolute atomic E-state index is 0.105. The monoisotopic (exact) mass is 276 g/mol. The van der Waals surface area contributed by atoms with Gasteiger partial charge in [-0.1, -0.05) is 6.07 Å². The Kier molecular flexibility index (Phi) is 5.41. The molecule has 1 amide bonds. The molecular weight excluding hydrogens is 252 g/mol. The van der Waals surface area contributed by atoms with Gasteiger partial charge in [0.15, 0.2) is 0 Å². The van der Waals surface area contributed by atoms with Gasteiger partial charge in [0.2, 0.25) is 5.91 Å². The van der Waals surface area contributed by atoms with Crippen molar-refractivity contribution >= 4 is 5.91 Å². The standard InChI is InChI=1S/C16H24N2O2/c1-12-8-13(2)10-15(9-12)20-7-6-18-16(19)11-14-4-3-5-17-14/h8-10,14,17H,3-7,11H2,1-2H3,(H,18,19). The first-order valence-electron chi connectivity index (χ1n) is 7.34. The lowest BCUT2D eigenvalue weighted by molar-refractivity contribution is -0.121. The van der Waals surface area contributed by atoms with Gasteiger partial charge in [0.05, 0.1) is 6.54 Å². The van der Waals surface area contributed by atoms with Crippen LogP contribution in [0.5, 0.6) is 5.75 Å². The van der Waals surface area contributed by atoms with Crippen molar-refractivity contribution in [3.63, 3.8) is 0 Å². The summed E-state index contributed by atoms with van der Waals surface area (Å²) in [7, 11) is 0. The van der Waals surface area contributed by atoms with E-state index < -0.39 is 0 Å². The van der Waals surface area contributed by atoms with Crippen LogP contribution in [0.15, 0.2) is 18.2 Å². The molecule has 0 aliphatic carbocycles. The predicted octanol–water partition coefficient (Wildman–Crippen LogP) is 1.94. The summed E-state index contributed by atoms with van der Waals surface area (Å²) in [5, 5.41) is 6.23. The lowest BCUT2D eigenvalue weighted by Gasteiger charge is -2.11. The first-order valence-corrected chi connectivity index (χ1v) is 7.34. The minimum atomic E-state index is 0.105. The molecule has 1 aromatic rings. The highest BCUT2D eigenvalue weighted by atomic mass is 16.5. The molecular formula is C16H24N2O2. The summed E-state index contributed by atoms with van der Waals surface area (Å²) in [4.78, 5) is 11.7. The highest BCUT2D eigenvalue weighted by Gasteiger charge is 2.17. The van der Waals surface area contributed by atoms with Gasteiger partial charge in [0.1, 0.15) is 12.4 Å². The summed E-state index contributed by atoms with van der Waals surface area (Å²) in [5.74, 6) is 0.975. The van der Waals surface area contributed by atoms with E-state index in [2.05, 4.69) is 30.5 Å². The van der Waals surface area contributed by atoms with Crippen LogP contribution in [0.2, 0.25) is 0 Å². The summed E-state index contributed by atoms with van der Waals surface area (Å²) in [6, 6.07) is 6.49. The zero-order valence-corrected chi connectivity index (χ0v) is 12.4. The average molecular weight is 276 g/mol. The Labute approximate surface area is 120 Å². The number of ether oxygens (including phenoxy) is 1. The summed E-state index contributed by atoms with van der Waals surface area (Å²) < 4.78 is 5.66. The van der Waals surface area contributed by atoms with Gasteiger partial charge in [-0.3, -0.25) is 4.79 Å². The van der Waals surface area contributed by atoms with Crippen LogP contribution in [-0.4, -0.2) is 31.6 Å². The zero-order valence-electron chi connectivity index (χ0n) is 12.4. The molecule has 0 spiro atoms. The van der Waals surface area contributed by atoms with Crippen LogP contribution >= 0.6 is 0 Å². The fourth-order valence-electron chi connectivity index (χ4n) is 2.60. The molecule has 20 heavy (non-hydrogen) atoms. The molecule has 1 heterocycles. The molecule has 1 fully saturated rings. The molecule has 2 N–H and O–H groups in total. The van der Waals surface area contributed by atoms with E-state index in [0.29, 0.717) is 25.6 Å². The second-order valence-electron chi connectivity index (χ2n) is 5.52. The van der Waals surface area contributed by atoms with E-state index in [0.717, 1.165) is 18.7 Å². The fraction of sp³-hybridized carbons (Fsp3) is 0.562. The molecule has 110 valence electrons. The molecule has 1 aromatic carbocycles. The number of nitrogens with one attached hydrogen (secondary N) is 2. The molecule has 4 heteroatoms. The van der Waals surface area contributed by atoms with Crippen molar-refractivity contribution in [2.24, 2.45) is 0 Å². The molecule has 2 rings (SSSR count). The van der Waals surface area contributed by atoms with Crippen molar-refractivity contribution in [1.29, 1.82) is 0 Å². The third kappa shape index (κ3) is 4.85. The van der Waals surface area contributed by atoms with E-state index in [1.807, 2.05) is 12.1 Å². The lowest BCUT2D eigenvalue weighted by Crippen LogP contribution is -2.33. The van der Waals surface area contributed by atoms with Crippen LogP contribution in [0.4, 0.5) is 0 Å². The van der Waals surface area contributed by atoms with Crippen molar-refractivity contribution in [2.45, 2.75) is 39.2 Å². The molecule has 1 atom stereocenters. The Hall–Kier alpha value is -1.55. The average Bonchev–Trinajstić information content (AvgIpc) is 2.86. The van der Waals surface area contributed by atoms with Gasteiger partial charge in [-0.15, -0.1) is 0 Å². The Morgan fingerprint density at radius 3 is 2.75 bits per heavy atom. The summed E-state index contributed by atoms with van der Waals surface area (Å²) >= 11 is 0. The molecule has 1 saturated heterocycles. The molecule has 0 saturated carbocycles. The third-order valence-corrected chi connectivity index (χ3v) is 3.48. The van der Waals surface area contributed by atoms with Crippen LogP contribution in [0.3, 0.4) is 0 Å². The van der Waals surface area contributed by atoms with Crippen LogP contribution < -0.4 is 15.4 Å². The van der Waals surface area contributed by atoms with Crippen molar-refractivity contribution in [3.8, 4) is 5.75 Å². The molecule has 1 aliphatic rings. The fourth-order valence-corrected chi connectivity index (χ4v) is 2.60. The maximum Gasteiger partial charge on any atom is 0.221 e. The number of amides is 1. The molecule has 0 radical (unpaired) electrons. The van der Waals surface area contributed by atoms with E-state index in [1.165, 1.54) is 17.5 Å². The third-order valence-electron chi connectivity index (χ3n) is 3.48. The minimum Gasteiger partial charge on any atom is -0.492 e. The lowest BCUT2D eigenvalue weighted by atomic mass is 10.1. The number of aryl methyl sites for hydroxylation is 2. The van der Waals surface area contributed by atoms with Crippen LogP contribution in [-0.2, 0) is 4.79 Å². The van der Waals surface area contributed by atoms with Gasteiger partial charge in [0.25, 0.3) is 0 Å². The molecule has 0 bridgehead atoms. The van der Waals surface area contributed by atoms with Crippen molar-refractivity contribution in [2.75, 3.05) is 19.7 Å². The SMILES string of the molecule is Cc1cc(C)cc(OCCNC(=O)CC2CCCN2)c1. The van der Waals surface area contributed by atoms with Gasteiger partial charge in [-0.2, -0.15) is 0 Å². The quantitative estimate of drug-likeness (QED) is 0.781. The predicted molar refractivity (Wildman–Crippen MR) is 80.1 cm³/mol. The van der Waals surface area contributed by atoms with E-state index in [1.54, 1.807) is 0 Å². The summed E-state index contributed by atoms with van der Waals surface area (Å²) in [5.41, 5.74) is 2.38. The smallest absolute Gasteiger partial charge is 0.221 e. The van der Waals surface area contributed by atoms with Gasteiger partial charge in [-0.25, -0.2) is 0 Å². The molecule has 4 nitrogen and oxygen atoms in total. The van der Waals surface area contributed by atoms with Crippen LogP contribution in [0.25, 0.3) is 0 Å².